The second kappa shape index (κ2) is 9.17. The Bertz CT molecular complexity index is 932. The van der Waals surface area contributed by atoms with E-state index in [0.29, 0.717) is 26.2 Å². The molecule has 2 aromatic carbocycles. The summed E-state index contributed by atoms with van der Waals surface area (Å²) < 4.78 is 39.8. The van der Waals surface area contributed by atoms with Crippen molar-refractivity contribution in [2.24, 2.45) is 0 Å². The third-order valence-corrected chi connectivity index (χ3v) is 6.43. The Balaban J connectivity index is 1.60. The van der Waals surface area contributed by atoms with E-state index in [4.69, 9.17) is 0 Å². The van der Waals surface area contributed by atoms with Gasteiger partial charge in [0.25, 0.3) is 0 Å². The lowest BCUT2D eigenvalue weighted by molar-refractivity contribution is 0.153. The molecule has 28 heavy (non-hydrogen) atoms. The molecule has 1 fully saturated rings. The number of rotatable bonds is 5. The van der Waals surface area contributed by atoms with Crippen LogP contribution in [0.4, 0.5) is 10.1 Å². The molecule has 1 aliphatic rings. The third-order valence-electron chi connectivity index (χ3n) is 4.52. The zero-order chi connectivity index (χ0) is 20.0. The van der Waals surface area contributed by atoms with Crippen LogP contribution >= 0.6 is 0 Å². The minimum atomic E-state index is -3.59. The number of benzene rings is 2. The van der Waals surface area contributed by atoms with Crippen LogP contribution in [0.3, 0.4) is 0 Å². The first-order valence-electron chi connectivity index (χ1n) is 8.92. The Kier molecular flexibility index (Phi) is 6.65. The van der Waals surface area contributed by atoms with E-state index >= 15 is 0 Å². The van der Waals surface area contributed by atoms with Gasteiger partial charge in [-0.3, -0.25) is 0 Å². The Hall–Kier alpha value is -2.44. The standard InChI is InChI=1S/C20H22FN3O3S/c21-18-7-10-20(11-8-18)23-12-14-24(15-13-23)28(26,27)16-19(22-25)9-6-17-4-2-1-3-5-17/h1-5,7-8,10-11,19,22,25H,12-16H2. The van der Waals surface area contributed by atoms with E-state index in [-0.39, 0.29) is 11.6 Å². The lowest BCUT2D eigenvalue weighted by Crippen LogP contribution is -2.51. The fourth-order valence-electron chi connectivity index (χ4n) is 3.00. The molecule has 148 valence electrons. The van der Waals surface area contributed by atoms with Crippen LogP contribution < -0.4 is 10.4 Å². The van der Waals surface area contributed by atoms with Gasteiger partial charge in [-0.15, -0.1) is 0 Å². The quantitative estimate of drug-likeness (QED) is 0.587. The summed E-state index contributed by atoms with van der Waals surface area (Å²) in [6.45, 7) is 1.67. The van der Waals surface area contributed by atoms with E-state index in [9.17, 15) is 18.0 Å². The monoisotopic (exact) mass is 403 g/mol. The van der Waals surface area contributed by atoms with Crippen molar-refractivity contribution in [1.29, 1.82) is 0 Å². The first kappa shape index (κ1) is 20.3. The van der Waals surface area contributed by atoms with Crippen molar-refractivity contribution in [3.8, 4) is 11.8 Å². The highest BCUT2D eigenvalue weighted by atomic mass is 32.2. The summed E-state index contributed by atoms with van der Waals surface area (Å²) in [5, 5.41) is 9.30. The number of hydrogen-bond acceptors (Lipinski definition) is 5. The average Bonchev–Trinajstić information content (AvgIpc) is 2.72. The molecular formula is C20H22FN3O3S. The number of hydrogen-bond donors (Lipinski definition) is 2. The third kappa shape index (κ3) is 5.30. The maximum Gasteiger partial charge on any atom is 0.216 e. The smallest absolute Gasteiger partial charge is 0.216 e. The van der Waals surface area contributed by atoms with Crippen molar-refractivity contribution in [2.75, 3.05) is 36.8 Å². The van der Waals surface area contributed by atoms with Gasteiger partial charge in [0.1, 0.15) is 11.9 Å². The van der Waals surface area contributed by atoms with E-state index < -0.39 is 16.1 Å². The number of halogens is 1. The van der Waals surface area contributed by atoms with Gasteiger partial charge in [0, 0.05) is 37.4 Å². The topological polar surface area (TPSA) is 72.9 Å². The van der Waals surface area contributed by atoms with Crippen LogP contribution in [-0.4, -0.2) is 55.9 Å². The summed E-state index contributed by atoms with van der Waals surface area (Å²) >= 11 is 0. The molecule has 0 spiro atoms. The molecule has 0 aromatic heterocycles. The van der Waals surface area contributed by atoms with Crippen LogP contribution in [0.15, 0.2) is 54.6 Å². The molecular weight excluding hydrogens is 381 g/mol. The highest BCUT2D eigenvalue weighted by Gasteiger charge is 2.29. The molecule has 0 amide bonds. The molecule has 3 rings (SSSR count). The summed E-state index contributed by atoms with van der Waals surface area (Å²) in [4.78, 5) is 2.02. The molecule has 0 aliphatic carbocycles. The lowest BCUT2D eigenvalue weighted by Gasteiger charge is -2.35. The van der Waals surface area contributed by atoms with E-state index in [1.54, 1.807) is 12.1 Å². The Morgan fingerprint density at radius 2 is 1.68 bits per heavy atom. The van der Waals surface area contributed by atoms with E-state index in [2.05, 4.69) is 11.8 Å². The van der Waals surface area contributed by atoms with Crippen molar-refractivity contribution in [3.63, 3.8) is 0 Å². The molecule has 1 atom stereocenters. The van der Waals surface area contributed by atoms with E-state index in [1.807, 2.05) is 40.7 Å². The second-order valence-corrected chi connectivity index (χ2v) is 8.47. The minimum Gasteiger partial charge on any atom is -0.369 e. The molecule has 0 bridgehead atoms. The molecule has 0 saturated carbocycles. The SMILES string of the molecule is O=S(=O)(CC(C#Cc1ccccc1)NO)N1CCN(c2ccc(F)cc2)CC1. The number of nitrogens with zero attached hydrogens (tertiary/aromatic N) is 2. The Morgan fingerprint density at radius 1 is 1.04 bits per heavy atom. The Morgan fingerprint density at radius 3 is 2.29 bits per heavy atom. The highest BCUT2D eigenvalue weighted by Crippen LogP contribution is 2.18. The van der Waals surface area contributed by atoms with Crippen molar-refractivity contribution in [2.45, 2.75) is 6.04 Å². The number of hydroxylamine groups is 1. The van der Waals surface area contributed by atoms with Gasteiger partial charge in [-0.25, -0.2) is 12.8 Å². The summed E-state index contributed by atoms with van der Waals surface area (Å²) in [6.07, 6.45) is 0. The van der Waals surface area contributed by atoms with E-state index in [1.165, 1.54) is 16.4 Å². The predicted molar refractivity (Wildman–Crippen MR) is 106 cm³/mol. The molecule has 2 N–H and O–H groups in total. The van der Waals surface area contributed by atoms with Gasteiger partial charge in [0.15, 0.2) is 0 Å². The highest BCUT2D eigenvalue weighted by molar-refractivity contribution is 7.89. The minimum absolute atomic E-state index is 0.302. The van der Waals surface area contributed by atoms with Gasteiger partial charge in [0.05, 0.1) is 5.75 Å². The number of sulfonamides is 1. The molecule has 8 heteroatoms. The fourth-order valence-corrected chi connectivity index (χ4v) is 4.51. The molecule has 1 heterocycles. The molecule has 1 unspecified atom stereocenters. The van der Waals surface area contributed by atoms with Crippen molar-refractivity contribution < 1.29 is 18.0 Å². The van der Waals surface area contributed by atoms with Crippen molar-refractivity contribution >= 4 is 15.7 Å². The maximum atomic E-state index is 13.1. The van der Waals surface area contributed by atoms with Crippen LogP contribution in [0.2, 0.25) is 0 Å². The van der Waals surface area contributed by atoms with Gasteiger partial charge < -0.3 is 10.1 Å². The summed E-state index contributed by atoms with van der Waals surface area (Å²) in [7, 11) is -3.59. The predicted octanol–water partition coefficient (Wildman–Crippen LogP) is 1.68. The van der Waals surface area contributed by atoms with Crippen LogP contribution in [0.25, 0.3) is 0 Å². The molecule has 0 radical (unpaired) electrons. The van der Waals surface area contributed by atoms with Crippen LogP contribution in [0.1, 0.15) is 5.56 Å². The average molecular weight is 403 g/mol. The van der Waals surface area contributed by atoms with Crippen LogP contribution in [-0.2, 0) is 10.0 Å². The molecule has 6 nitrogen and oxygen atoms in total. The van der Waals surface area contributed by atoms with Crippen LogP contribution in [0.5, 0.6) is 0 Å². The summed E-state index contributed by atoms with van der Waals surface area (Å²) in [6, 6.07) is 14.4. The molecule has 1 aliphatic heterocycles. The van der Waals surface area contributed by atoms with Crippen LogP contribution in [0, 0.1) is 17.7 Å². The zero-order valence-electron chi connectivity index (χ0n) is 15.3. The van der Waals surface area contributed by atoms with Gasteiger partial charge in [0.2, 0.25) is 10.0 Å². The first-order chi connectivity index (χ1) is 13.5. The zero-order valence-corrected chi connectivity index (χ0v) is 16.1. The van der Waals surface area contributed by atoms with Gasteiger partial charge >= 0.3 is 0 Å². The molecule has 2 aromatic rings. The summed E-state index contributed by atoms with van der Waals surface area (Å²) in [5.41, 5.74) is 3.59. The second-order valence-electron chi connectivity index (χ2n) is 6.46. The van der Waals surface area contributed by atoms with Gasteiger partial charge in [-0.2, -0.15) is 9.79 Å². The summed E-state index contributed by atoms with van der Waals surface area (Å²) in [5.74, 6) is 5.00. The number of anilines is 1. The largest absolute Gasteiger partial charge is 0.369 e. The lowest BCUT2D eigenvalue weighted by atomic mass is 10.2. The Labute approximate surface area is 164 Å². The first-order valence-corrected chi connectivity index (χ1v) is 10.5. The fraction of sp³-hybridized carbons (Fsp3) is 0.300. The van der Waals surface area contributed by atoms with Gasteiger partial charge in [-0.1, -0.05) is 30.0 Å². The van der Waals surface area contributed by atoms with Gasteiger partial charge in [-0.05, 0) is 36.4 Å². The number of piperazine rings is 1. The van der Waals surface area contributed by atoms with Crippen molar-refractivity contribution in [3.05, 3.63) is 66.0 Å². The van der Waals surface area contributed by atoms with Crippen molar-refractivity contribution in [1.82, 2.24) is 9.79 Å². The number of nitrogens with one attached hydrogen (secondary N) is 1. The maximum absolute atomic E-state index is 13.1. The molecule has 1 saturated heterocycles. The normalized spacial score (nSPS) is 16.3. The van der Waals surface area contributed by atoms with E-state index in [0.717, 1.165) is 11.3 Å².